The molecule has 0 amide bonds. The highest BCUT2D eigenvalue weighted by atomic mass is 16.4. The average molecular weight is 582 g/mol. The van der Waals surface area contributed by atoms with Gasteiger partial charge in [-0.1, -0.05) is 104 Å². The number of carbonyl (C=O) groups is 3. The van der Waals surface area contributed by atoms with Gasteiger partial charge >= 0.3 is 11.9 Å². The molecule has 0 spiro atoms. The van der Waals surface area contributed by atoms with Crippen LogP contribution in [0.2, 0.25) is 0 Å². The summed E-state index contributed by atoms with van der Waals surface area (Å²) >= 11 is 0. The van der Waals surface area contributed by atoms with E-state index in [1.165, 1.54) is 51.4 Å². The third kappa shape index (κ3) is 15.2. The number of quaternary nitrogens is 1. The lowest BCUT2D eigenvalue weighted by Gasteiger charge is -2.52. The van der Waals surface area contributed by atoms with E-state index in [2.05, 4.69) is 19.1 Å². The molecular weight excluding hydrogens is 518 g/mol. The number of allylic oxidation sites excluding steroid dienone is 2. The highest BCUT2D eigenvalue weighted by molar-refractivity contribution is 5.77. The van der Waals surface area contributed by atoms with Crippen molar-refractivity contribution in [3.05, 3.63) is 12.2 Å². The summed E-state index contributed by atoms with van der Waals surface area (Å²) in [6.45, 7) is 8.05. The highest BCUT2D eigenvalue weighted by Gasteiger charge is 2.54. The topological polar surface area (TPSA) is 115 Å². The minimum absolute atomic E-state index is 0.204. The first kappa shape index (κ1) is 39.1. The van der Waals surface area contributed by atoms with Crippen LogP contribution in [0.15, 0.2) is 12.2 Å². The van der Waals surface area contributed by atoms with E-state index in [0.29, 0.717) is 25.7 Å². The van der Waals surface area contributed by atoms with Crippen LogP contribution in [0.5, 0.6) is 0 Å². The van der Waals surface area contributed by atoms with Crippen LogP contribution in [0.4, 0.5) is 0 Å². The first-order valence-electron chi connectivity index (χ1n) is 16.9. The maximum absolute atomic E-state index is 12.6. The first-order chi connectivity index (χ1) is 19.7. The molecule has 7 nitrogen and oxygen atoms in total. The van der Waals surface area contributed by atoms with Crippen LogP contribution in [0, 0.1) is 0 Å². The summed E-state index contributed by atoms with van der Waals surface area (Å²) in [5.41, 5.74) is 0. The van der Waals surface area contributed by atoms with Crippen molar-refractivity contribution in [2.24, 2.45) is 0 Å². The summed E-state index contributed by atoms with van der Waals surface area (Å²) < 4.78 is -0.438. The fraction of sp³-hybridized carbons (Fsp3) is 0.853. The maximum Gasteiger partial charge on any atom is 0.362 e. The lowest BCUT2D eigenvalue weighted by molar-refractivity contribution is -0.975. The molecule has 0 aliphatic heterocycles. The second-order valence-electron chi connectivity index (χ2n) is 11.9. The fourth-order valence-corrected chi connectivity index (χ4v) is 6.44. The molecule has 0 fully saturated rings. The van der Waals surface area contributed by atoms with Gasteiger partial charge in [0.1, 0.15) is 6.04 Å². The first-order valence-corrected chi connectivity index (χ1v) is 16.9. The zero-order valence-electron chi connectivity index (χ0n) is 26.9. The van der Waals surface area contributed by atoms with E-state index in [0.717, 1.165) is 38.5 Å². The van der Waals surface area contributed by atoms with Crippen molar-refractivity contribution in [1.82, 2.24) is 0 Å². The van der Waals surface area contributed by atoms with E-state index in [9.17, 15) is 29.7 Å². The van der Waals surface area contributed by atoms with Gasteiger partial charge in [0, 0.05) is 19.3 Å². The molecule has 0 aliphatic rings. The van der Waals surface area contributed by atoms with Gasteiger partial charge in [-0.2, -0.15) is 0 Å². The van der Waals surface area contributed by atoms with Crippen LogP contribution in [0.1, 0.15) is 163 Å². The Hall–Kier alpha value is -1.89. The Morgan fingerprint density at radius 1 is 0.561 bits per heavy atom. The summed E-state index contributed by atoms with van der Waals surface area (Å²) in [6.07, 6.45) is 24.3. The Bertz CT molecular complexity index is 662. The molecule has 240 valence electrons. The van der Waals surface area contributed by atoms with Gasteiger partial charge in [0.2, 0.25) is 0 Å². The van der Waals surface area contributed by atoms with E-state index in [-0.39, 0.29) is 25.8 Å². The standard InChI is InChI=1S/C34H63NO6/c1-5-9-10-11-12-13-14-15-16-17-18-19-20-21-22-23-24-28-35(29(25-6-2)32(36)37,30(26-7-3)33(38)39)31(27-8-4)34(40)41/h16-17,29-31H,5-15,18-28H2,1-4H3,(H2-,36,37,38,39,40,41)/b17-16+. The molecule has 0 aliphatic carbocycles. The molecule has 0 aromatic heterocycles. The molecular formula is C34H63NO6. The number of hydrogen-bond donors (Lipinski definition) is 2. The van der Waals surface area contributed by atoms with Crippen LogP contribution in [-0.4, -0.2) is 57.3 Å². The van der Waals surface area contributed by atoms with E-state index in [1.807, 2.05) is 20.8 Å². The van der Waals surface area contributed by atoms with Gasteiger partial charge in [-0.15, -0.1) is 0 Å². The zero-order chi connectivity index (χ0) is 30.9. The Kier molecular flexibility index (Phi) is 23.5. The third-order valence-electron chi connectivity index (χ3n) is 8.58. The quantitative estimate of drug-likeness (QED) is 0.0532. The van der Waals surface area contributed by atoms with Crippen molar-refractivity contribution in [3.63, 3.8) is 0 Å². The molecule has 0 heterocycles. The van der Waals surface area contributed by atoms with Gasteiger partial charge in [0.15, 0.2) is 12.1 Å². The van der Waals surface area contributed by atoms with Crippen LogP contribution in [-0.2, 0) is 14.4 Å². The lowest BCUT2D eigenvalue weighted by atomic mass is 9.91. The second kappa shape index (κ2) is 24.7. The van der Waals surface area contributed by atoms with Crippen molar-refractivity contribution in [3.8, 4) is 0 Å². The summed E-state index contributed by atoms with van der Waals surface area (Å²) in [5, 5.41) is 33.0. The van der Waals surface area contributed by atoms with Crippen LogP contribution >= 0.6 is 0 Å². The van der Waals surface area contributed by atoms with E-state index in [1.54, 1.807) is 0 Å². The SMILES string of the molecule is CCCCCCCCC/C=C/CCCCCCCC[N+](C(CCC)C(=O)[O-])(C(CCC)C(=O)O)C(CCC)C(=O)O. The van der Waals surface area contributed by atoms with E-state index >= 15 is 0 Å². The third-order valence-corrected chi connectivity index (χ3v) is 8.58. The Labute approximate surface area is 251 Å². The lowest BCUT2D eigenvalue weighted by Crippen LogP contribution is -2.74. The second-order valence-corrected chi connectivity index (χ2v) is 11.9. The maximum atomic E-state index is 12.6. The summed E-state index contributed by atoms with van der Waals surface area (Å²) in [6, 6.07) is -3.34. The molecule has 3 unspecified atom stereocenters. The molecule has 2 N–H and O–H groups in total. The number of aliphatic carboxylic acids is 3. The van der Waals surface area contributed by atoms with Gasteiger partial charge in [-0.05, 0) is 51.4 Å². The number of carboxylic acids is 3. The molecule has 0 saturated carbocycles. The summed E-state index contributed by atoms with van der Waals surface area (Å²) in [7, 11) is 0. The molecule has 0 bridgehead atoms. The van der Waals surface area contributed by atoms with Crippen molar-refractivity contribution in [2.75, 3.05) is 6.54 Å². The van der Waals surface area contributed by atoms with Crippen LogP contribution in [0.25, 0.3) is 0 Å². The molecule has 0 radical (unpaired) electrons. The summed E-state index contributed by atoms with van der Waals surface area (Å²) in [4.78, 5) is 37.6. The van der Waals surface area contributed by atoms with Crippen LogP contribution < -0.4 is 5.11 Å². The molecule has 0 aromatic rings. The number of rotatable bonds is 29. The Morgan fingerprint density at radius 2 is 0.927 bits per heavy atom. The molecule has 0 rings (SSSR count). The molecule has 7 heteroatoms. The van der Waals surface area contributed by atoms with E-state index < -0.39 is 40.5 Å². The van der Waals surface area contributed by atoms with Gasteiger partial charge < -0.3 is 20.1 Å². The number of carbonyl (C=O) groups excluding carboxylic acids is 1. The van der Waals surface area contributed by atoms with Crippen molar-refractivity contribution in [2.45, 2.75) is 181 Å². The zero-order valence-corrected chi connectivity index (χ0v) is 26.9. The van der Waals surface area contributed by atoms with Crippen molar-refractivity contribution >= 4 is 17.9 Å². The largest absolute Gasteiger partial charge is 0.544 e. The van der Waals surface area contributed by atoms with Gasteiger partial charge in [0.25, 0.3) is 0 Å². The van der Waals surface area contributed by atoms with E-state index in [4.69, 9.17) is 0 Å². The normalized spacial score (nSPS) is 15.4. The average Bonchev–Trinajstić information content (AvgIpc) is 2.93. The molecule has 0 saturated heterocycles. The highest BCUT2D eigenvalue weighted by Crippen LogP contribution is 2.34. The number of unbranched alkanes of at least 4 members (excludes halogenated alkanes) is 13. The smallest absolute Gasteiger partial charge is 0.362 e. The molecule has 0 aromatic carbocycles. The number of nitrogens with zero attached hydrogens (tertiary/aromatic N) is 1. The van der Waals surface area contributed by atoms with Gasteiger partial charge in [-0.3, -0.25) is 4.48 Å². The van der Waals surface area contributed by atoms with Gasteiger partial charge in [-0.25, -0.2) is 9.59 Å². The monoisotopic (exact) mass is 581 g/mol. The Balaban J connectivity index is 5.04. The Morgan fingerprint density at radius 3 is 1.29 bits per heavy atom. The van der Waals surface area contributed by atoms with Crippen molar-refractivity contribution < 1.29 is 34.2 Å². The predicted octanol–water partition coefficient (Wildman–Crippen LogP) is 7.66. The van der Waals surface area contributed by atoms with Crippen LogP contribution in [0.3, 0.4) is 0 Å². The minimum Gasteiger partial charge on any atom is -0.544 e. The minimum atomic E-state index is -1.34. The molecule has 3 atom stereocenters. The van der Waals surface area contributed by atoms with Crippen molar-refractivity contribution in [1.29, 1.82) is 0 Å². The van der Waals surface area contributed by atoms with Gasteiger partial charge in [0.05, 0.1) is 12.5 Å². The fourth-order valence-electron chi connectivity index (χ4n) is 6.44. The number of hydrogen-bond acceptors (Lipinski definition) is 4. The predicted molar refractivity (Wildman–Crippen MR) is 166 cm³/mol. The number of carboxylic acid groups (broad SMARTS) is 3. The molecule has 41 heavy (non-hydrogen) atoms. The summed E-state index contributed by atoms with van der Waals surface area (Å²) in [5.74, 6) is -3.57.